The van der Waals surface area contributed by atoms with Crippen molar-refractivity contribution in [3.8, 4) is 0 Å². The Morgan fingerprint density at radius 3 is 2.94 bits per heavy atom. The predicted molar refractivity (Wildman–Crippen MR) is 65.2 cm³/mol. The van der Waals surface area contributed by atoms with Crippen molar-refractivity contribution in [2.45, 2.75) is 32.6 Å². The van der Waals surface area contributed by atoms with Gasteiger partial charge in [0.2, 0.25) is 0 Å². The van der Waals surface area contributed by atoms with Gasteiger partial charge in [0.15, 0.2) is 5.69 Å². The summed E-state index contributed by atoms with van der Waals surface area (Å²) in [6, 6.07) is 0.575. The number of aromatic nitrogens is 1. The van der Waals surface area contributed by atoms with Crippen LogP contribution in [0.15, 0.2) is 10.7 Å². The number of nitrogens with zero attached hydrogens (tertiary/aromatic N) is 2. The van der Waals surface area contributed by atoms with Gasteiger partial charge in [-0.2, -0.15) is 4.98 Å². The fourth-order valence-electron chi connectivity index (χ4n) is 1.93. The van der Waals surface area contributed by atoms with Crippen LogP contribution in [0.1, 0.15) is 43.1 Å². The van der Waals surface area contributed by atoms with Crippen molar-refractivity contribution in [3.63, 3.8) is 0 Å². The van der Waals surface area contributed by atoms with Gasteiger partial charge in [-0.05, 0) is 25.7 Å². The molecule has 1 aliphatic heterocycles. The summed E-state index contributed by atoms with van der Waals surface area (Å²) in [6.45, 7) is 4.63. The van der Waals surface area contributed by atoms with Crippen LogP contribution >= 0.6 is 0 Å². The van der Waals surface area contributed by atoms with E-state index >= 15 is 0 Å². The van der Waals surface area contributed by atoms with Gasteiger partial charge < -0.3 is 14.6 Å². The average Bonchev–Trinajstić information content (AvgIpc) is 2.86. The Balaban J connectivity index is 1.97. The van der Waals surface area contributed by atoms with Crippen LogP contribution in [0.3, 0.4) is 0 Å². The van der Waals surface area contributed by atoms with Crippen molar-refractivity contribution in [1.82, 2.24) is 10.3 Å². The average molecular weight is 237 g/mol. The summed E-state index contributed by atoms with van der Waals surface area (Å²) < 4.78 is 5.36. The number of oxazole rings is 1. The zero-order valence-electron chi connectivity index (χ0n) is 10.2. The zero-order chi connectivity index (χ0) is 12.1. The van der Waals surface area contributed by atoms with Gasteiger partial charge in [-0.15, -0.1) is 0 Å². The standard InChI is InChI=1S/C12H19N3O2/c1-2-6-13-11(16)10-9-17-12(14-10)15-7-4-3-5-8-15/h9H,2-8H2,1H3,(H,13,16). The van der Waals surface area contributed by atoms with Gasteiger partial charge in [0.1, 0.15) is 6.26 Å². The molecule has 5 heteroatoms. The Hall–Kier alpha value is -1.52. The first-order valence-corrected chi connectivity index (χ1v) is 6.30. The number of hydrogen-bond acceptors (Lipinski definition) is 4. The Labute approximate surface area is 101 Å². The Kier molecular flexibility index (Phi) is 4.01. The largest absolute Gasteiger partial charge is 0.431 e. The normalized spacial score (nSPS) is 15.9. The molecule has 0 unspecified atom stereocenters. The second-order valence-corrected chi connectivity index (χ2v) is 4.32. The van der Waals surface area contributed by atoms with E-state index in [9.17, 15) is 4.79 Å². The predicted octanol–water partition coefficient (Wildman–Crippen LogP) is 1.80. The van der Waals surface area contributed by atoms with Crippen LogP contribution in [-0.2, 0) is 0 Å². The number of hydrogen-bond donors (Lipinski definition) is 1. The van der Waals surface area contributed by atoms with E-state index in [0.717, 1.165) is 19.5 Å². The number of anilines is 1. The number of piperidine rings is 1. The highest BCUT2D eigenvalue weighted by Crippen LogP contribution is 2.18. The molecule has 1 aliphatic rings. The summed E-state index contributed by atoms with van der Waals surface area (Å²) in [5.41, 5.74) is 0.374. The van der Waals surface area contributed by atoms with Gasteiger partial charge in [-0.1, -0.05) is 6.92 Å². The number of amides is 1. The highest BCUT2D eigenvalue weighted by atomic mass is 16.4. The third-order valence-electron chi connectivity index (χ3n) is 2.89. The van der Waals surface area contributed by atoms with Crippen molar-refractivity contribution in [3.05, 3.63) is 12.0 Å². The molecule has 0 spiro atoms. The van der Waals surface area contributed by atoms with E-state index in [1.54, 1.807) is 0 Å². The smallest absolute Gasteiger partial charge is 0.297 e. The van der Waals surface area contributed by atoms with Crippen LogP contribution in [-0.4, -0.2) is 30.5 Å². The maximum atomic E-state index is 11.6. The Morgan fingerprint density at radius 1 is 1.47 bits per heavy atom. The number of carbonyl (C=O) groups excluding carboxylic acids is 1. The van der Waals surface area contributed by atoms with Crippen molar-refractivity contribution in [1.29, 1.82) is 0 Å². The molecule has 5 nitrogen and oxygen atoms in total. The van der Waals surface area contributed by atoms with Crippen LogP contribution in [0, 0.1) is 0 Å². The van der Waals surface area contributed by atoms with Gasteiger partial charge >= 0.3 is 0 Å². The molecule has 0 atom stereocenters. The van der Waals surface area contributed by atoms with Crippen molar-refractivity contribution in [2.75, 3.05) is 24.5 Å². The molecular formula is C12H19N3O2. The second-order valence-electron chi connectivity index (χ2n) is 4.32. The van der Waals surface area contributed by atoms with Gasteiger partial charge in [-0.25, -0.2) is 0 Å². The summed E-state index contributed by atoms with van der Waals surface area (Å²) in [5, 5.41) is 2.78. The molecule has 0 saturated carbocycles. The minimum absolute atomic E-state index is 0.154. The molecule has 1 saturated heterocycles. The van der Waals surface area contributed by atoms with Crippen molar-refractivity contribution < 1.29 is 9.21 Å². The first-order chi connectivity index (χ1) is 8.31. The quantitative estimate of drug-likeness (QED) is 0.867. The van der Waals surface area contributed by atoms with E-state index in [0.29, 0.717) is 18.3 Å². The number of rotatable bonds is 4. The molecule has 0 bridgehead atoms. The number of carbonyl (C=O) groups is 1. The van der Waals surface area contributed by atoms with Crippen LogP contribution in [0.5, 0.6) is 0 Å². The van der Waals surface area contributed by atoms with E-state index < -0.39 is 0 Å². The van der Waals surface area contributed by atoms with Crippen LogP contribution in [0.2, 0.25) is 0 Å². The van der Waals surface area contributed by atoms with Gasteiger partial charge in [0, 0.05) is 19.6 Å². The first kappa shape index (κ1) is 12.0. The lowest BCUT2D eigenvalue weighted by molar-refractivity contribution is 0.0948. The van der Waals surface area contributed by atoms with Gasteiger partial charge in [0.05, 0.1) is 0 Å². The summed E-state index contributed by atoms with van der Waals surface area (Å²) in [7, 11) is 0. The SMILES string of the molecule is CCCNC(=O)c1coc(N2CCCCC2)n1. The molecular weight excluding hydrogens is 218 g/mol. The van der Waals surface area contributed by atoms with Gasteiger partial charge in [0.25, 0.3) is 11.9 Å². The fraction of sp³-hybridized carbons (Fsp3) is 0.667. The summed E-state index contributed by atoms with van der Waals surface area (Å²) in [4.78, 5) is 18.0. The third kappa shape index (κ3) is 2.99. The molecule has 1 fully saturated rings. The van der Waals surface area contributed by atoms with Crippen LogP contribution < -0.4 is 10.2 Å². The first-order valence-electron chi connectivity index (χ1n) is 6.30. The monoisotopic (exact) mass is 237 g/mol. The molecule has 1 aromatic rings. The molecule has 94 valence electrons. The second kappa shape index (κ2) is 5.70. The molecule has 2 rings (SSSR count). The summed E-state index contributed by atoms with van der Waals surface area (Å²) in [6.07, 6.45) is 5.96. The topological polar surface area (TPSA) is 58.4 Å². The maximum absolute atomic E-state index is 11.6. The molecule has 0 aromatic carbocycles. The van der Waals surface area contributed by atoms with E-state index in [2.05, 4.69) is 15.2 Å². The van der Waals surface area contributed by atoms with Crippen molar-refractivity contribution >= 4 is 11.9 Å². The third-order valence-corrected chi connectivity index (χ3v) is 2.89. The molecule has 17 heavy (non-hydrogen) atoms. The Morgan fingerprint density at radius 2 is 2.24 bits per heavy atom. The van der Waals surface area contributed by atoms with Gasteiger partial charge in [-0.3, -0.25) is 4.79 Å². The highest BCUT2D eigenvalue weighted by molar-refractivity contribution is 5.92. The lowest BCUT2D eigenvalue weighted by atomic mass is 10.1. The number of nitrogens with one attached hydrogen (secondary N) is 1. The van der Waals surface area contributed by atoms with Crippen molar-refractivity contribution in [2.24, 2.45) is 0 Å². The minimum atomic E-state index is -0.154. The maximum Gasteiger partial charge on any atom is 0.297 e. The molecule has 0 aliphatic carbocycles. The highest BCUT2D eigenvalue weighted by Gasteiger charge is 2.18. The molecule has 1 amide bonds. The lowest BCUT2D eigenvalue weighted by Gasteiger charge is -2.24. The minimum Gasteiger partial charge on any atom is -0.431 e. The lowest BCUT2D eigenvalue weighted by Crippen LogP contribution is -2.30. The molecule has 1 N–H and O–H groups in total. The zero-order valence-corrected chi connectivity index (χ0v) is 10.2. The molecule has 1 aromatic heterocycles. The molecule has 0 radical (unpaired) electrons. The van der Waals surface area contributed by atoms with Crippen LogP contribution in [0.25, 0.3) is 0 Å². The molecule has 2 heterocycles. The summed E-state index contributed by atoms with van der Waals surface area (Å²) >= 11 is 0. The van der Waals surface area contributed by atoms with E-state index in [1.165, 1.54) is 25.5 Å². The van der Waals surface area contributed by atoms with Crippen LogP contribution in [0.4, 0.5) is 6.01 Å². The summed E-state index contributed by atoms with van der Waals surface area (Å²) in [5.74, 6) is -0.154. The fourth-order valence-corrected chi connectivity index (χ4v) is 1.93. The Bertz CT molecular complexity index is 370. The van der Waals surface area contributed by atoms with E-state index in [-0.39, 0.29) is 5.91 Å². The van der Waals surface area contributed by atoms with E-state index in [4.69, 9.17) is 4.42 Å². The van der Waals surface area contributed by atoms with E-state index in [1.807, 2.05) is 6.92 Å².